The summed E-state index contributed by atoms with van der Waals surface area (Å²) in [5.41, 5.74) is -0.239. The summed E-state index contributed by atoms with van der Waals surface area (Å²) in [6.45, 7) is 0. The Morgan fingerprint density at radius 3 is 2.45 bits per heavy atom. The first-order valence-corrected chi connectivity index (χ1v) is 3.80. The largest absolute Gasteiger partial charge is 0.359 e. The molecule has 0 atom stereocenters. The highest BCUT2D eigenvalue weighted by molar-refractivity contribution is 5.86. The Balaban J connectivity index is 2.05. The molecule has 3 saturated carbocycles. The first-order valence-electron chi connectivity index (χ1n) is 3.80. The van der Waals surface area contributed by atoms with E-state index >= 15 is 0 Å². The zero-order valence-corrected chi connectivity index (χ0v) is 6.48. The number of amides is 1. The molecule has 0 radical (unpaired) electrons. The molecule has 0 unspecified atom stereocenters. The van der Waals surface area contributed by atoms with Gasteiger partial charge in [-0.05, 0) is 19.3 Å². The highest BCUT2D eigenvalue weighted by Gasteiger charge is 2.71. The standard InChI is InChI=1S/C8H10N2O/c1-10-6(11)8-2-7(3-8,4-8)5-9/h2-4H2,1H3,(H,10,11). The molecule has 0 aliphatic heterocycles. The minimum atomic E-state index is -0.134. The Kier molecular flexibility index (Phi) is 0.956. The summed E-state index contributed by atoms with van der Waals surface area (Å²) < 4.78 is 0. The van der Waals surface area contributed by atoms with Crippen molar-refractivity contribution in [3.8, 4) is 6.07 Å². The van der Waals surface area contributed by atoms with E-state index in [1.807, 2.05) is 0 Å². The molecule has 3 heteroatoms. The van der Waals surface area contributed by atoms with Gasteiger partial charge in [0.2, 0.25) is 5.91 Å². The number of rotatable bonds is 1. The molecule has 3 fully saturated rings. The van der Waals surface area contributed by atoms with Crippen molar-refractivity contribution in [2.75, 3.05) is 7.05 Å². The topological polar surface area (TPSA) is 52.9 Å². The van der Waals surface area contributed by atoms with Gasteiger partial charge in [-0.3, -0.25) is 4.79 Å². The quantitative estimate of drug-likeness (QED) is 0.589. The summed E-state index contributed by atoms with van der Waals surface area (Å²) in [7, 11) is 1.65. The predicted octanol–water partition coefficient (Wildman–Crippen LogP) is 0.426. The summed E-state index contributed by atoms with van der Waals surface area (Å²) in [6.07, 6.45) is 2.36. The average molecular weight is 150 g/mol. The summed E-state index contributed by atoms with van der Waals surface area (Å²) in [5, 5.41) is 11.3. The zero-order valence-electron chi connectivity index (χ0n) is 6.48. The van der Waals surface area contributed by atoms with Gasteiger partial charge in [-0.2, -0.15) is 5.26 Å². The number of carbonyl (C=O) groups is 1. The van der Waals surface area contributed by atoms with E-state index in [0.29, 0.717) is 0 Å². The van der Waals surface area contributed by atoms with Crippen molar-refractivity contribution >= 4 is 5.91 Å². The Hall–Kier alpha value is -1.04. The highest BCUT2D eigenvalue weighted by Crippen LogP contribution is 2.72. The molecular formula is C8H10N2O. The van der Waals surface area contributed by atoms with Crippen LogP contribution >= 0.6 is 0 Å². The van der Waals surface area contributed by atoms with Gasteiger partial charge >= 0.3 is 0 Å². The summed E-state index contributed by atoms with van der Waals surface area (Å²) in [5.74, 6) is 0.120. The third-order valence-corrected chi connectivity index (χ3v) is 2.98. The molecule has 58 valence electrons. The van der Waals surface area contributed by atoms with Crippen molar-refractivity contribution in [1.82, 2.24) is 5.32 Å². The molecule has 2 bridgehead atoms. The lowest BCUT2D eigenvalue weighted by Gasteiger charge is -2.65. The van der Waals surface area contributed by atoms with E-state index in [4.69, 9.17) is 5.26 Å². The molecular weight excluding hydrogens is 140 g/mol. The third-order valence-electron chi connectivity index (χ3n) is 2.98. The zero-order chi connectivity index (χ0) is 8.11. The number of nitriles is 1. The van der Waals surface area contributed by atoms with Crippen molar-refractivity contribution in [2.24, 2.45) is 10.8 Å². The fourth-order valence-electron chi connectivity index (χ4n) is 2.41. The normalized spacial score (nSPS) is 44.7. The highest BCUT2D eigenvalue weighted by atomic mass is 16.2. The second-order valence-electron chi connectivity index (χ2n) is 3.78. The minimum Gasteiger partial charge on any atom is -0.359 e. The molecule has 3 rings (SSSR count). The van der Waals surface area contributed by atoms with Gasteiger partial charge in [0.1, 0.15) is 0 Å². The van der Waals surface area contributed by atoms with E-state index < -0.39 is 0 Å². The second kappa shape index (κ2) is 1.58. The van der Waals surface area contributed by atoms with Crippen molar-refractivity contribution in [3.63, 3.8) is 0 Å². The van der Waals surface area contributed by atoms with Crippen LogP contribution < -0.4 is 5.32 Å². The van der Waals surface area contributed by atoms with Crippen LogP contribution in [0.4, 0.5) is 0 Å². The van der Waals surface area contributed by atoms with Crippen LogP contribution in [0.1, 0.15) is 19.3 Å². The Bertz CT molecular complexity index is 244. The summed E-state index contributed by atoms with van der Waals surface area (Å²) >= 11 is 0. The second-order valence-corrected chi connectivity index (χ2v) is 3.78. The van der Waals surface area contributed by atoms with E-state index in [2.05, 4.69) is 11.4 Å². The van der Waals surface area contributed by atoms with Gasteiger partial charge in [0.15, 0.2) is 0 Å². The molecule has 1 amide bonds. The first kappa shape index (κ1) is 6.66. The van der Waals surface area contributed by atoms with Crippen molar-refractivity contribution in [1.29, 1.82) is 5.26 Å². The Morgan fingerprint density at radius 1 is 1.55 bits per heavy atom. The van der Waals surface area contributed by atoms with Gasteiger partial charge in [-0.15, -0.1) is 0 Å². The molecule has 0 aromatic rings. The van der Waals surface area contributed by atoms with Gasteiger partial charge in [-0.25, -0.2) is 0 Å². The van der Waals surface area contributed by atoms with Gasteiger partial charge in [0.05, 0.1) is 16.9 Å². The molecule has 0 heterocycles. The fraction of sp³-hybridized carbons (Fsp3) is 0.750. The maximum atomic E-state index is 11.2. The molecule has 0 aromatic heterocycles. The van der Waals surface area contributed by atoms with Crippen LogP contribution in [0.2, 0.25) is 0 Å². The number of hydrogen-bond donors (Lipinski definition) is 1. The lowest BCUT2D eigenvalue weighted by molar-refractivity contribution is -0.184. The van der Waals surface area contributed by atoms with Gasteiger partial charge in [-0.1, -0.05) is 0 Å². The molecule has 11 heavy (non-hydrogen) atoms. The molecule has 0 spiro atoms. The number of nitrogens with zero attached hydrogens (tertiary/aromatic N) is 1. The van der Waals surface area contributed by atoms with Crippen LogP contribution in [-0.2, 0) is 4.79 Å². The van der Waals surface area contributed by atoms with E-state index in [1.54, 1.807) is 7.05 Å². The van der Waals surface area contributed by atoms with Gasteiger partial charge in [0.25, 0.3) is 0 Å². The van der Waals surface area contributed by atoms with Crippen molar-refractivity contribution in [3.05, 3.63) is 0 Å². The lowest BCUT2D eigenvalue weighted by Crippen LogP contribution is -2.66. The van der Waals surface area contributed by atoms with E-state index in [0.717, 1.165) is 19.3 Å². The van der Waals surface area contributed by atoms with Crippen LogP contribution in [0, 0.1) is 22.2 Å². The molecule has 0 saturated heterocycles. The SMILES string of the molecule is CNC(=O)C12CC(C#N)(C1)C2. The lowest BCUT2D eigenvalue weighted by atomic mass is 9.35. The molecule has 3 aliphatic rings. The smallest absolute Gasteiger partial charge is 0.226 e. The maximum Gasteiger partial charge on any atom is 0.226 e. The van der Waals surface area contributed by atoms with E-state index in [1.165, 1.54) is 0 Å². The number of hydrogen-bond acceptors (Lipinski definition) is 2. The summed E-state index contributed by atoms with van der Waals surface area (Å²) in [6, 6.07) is 2.27. The first-order chi connectivity index (χ1) is 5.16. The van der Waals surface area contributed by atoms with E-state index in [9.17, 15) is 4.79 Å². The molecule has 1 N–H and O–H groups in total. The molecule has 0 aromatic carbocycles. The summed E-state index contributed by atoms with van der Waals surface area (Å²) in [4.78, 5) is 11.2. The van der Waals surface area contributed by atoms with Gasteiger partial charge in [0, 0.05) is 7.05 Å². The van der Waals surface area contributed by atoms with E-state index in [-0.39, 0.29) is 16.7 Å². The van der Waals surface area contributed by atoms with Gasteiger partial charge < -0.3 is 5.32 Å². The number of carbonyl (C=O) groups excluding carboxylic acids is 1. The fourth-order valence-corrected chi connectivity index (χ4v) is 2.41. The third kappa shape index (κ3) is 0.555. The molecule has 3 aliphatic carbocycles. The monoisotopic (exact) mass is 150 g/mol. The van der Waals surface area contributed by atoms with Crippen molar-refractivity contribution < 1.29 is 4.79 Å². The predicted molar refractivity (Wildman–Crippen MR) is 38.4 cm³/mol. The van der Waals surface area contributed by atoms with Crippen LogP contribution in [0.3, 0.4) is 0 Å². The van der Waals surface area contributed by atoms with Crippen LogP contribution in [-0.4, -0.2) is 13.0 Å². The average Bonchev–Trinajstić information content (AvgIpc) is 1.83. The molecule has 3 nitrogen and oxygen atoms in total. The van der Waals surface area contributed by atoms with Crippen LogP contribution in [0.25, 0.3) is 0 Å². The van der Waals surface area contributed by atoms with Crippen molar-refractivity contribution in [2.45, 2.75) is 19.3 Å². The Labute approximate surface area is 65.4 Å². The maximum absolute atomic E-state index is 11.2. The minimum absolute atomic E-state index is 0.105. The van der Waals surface area contributed by atoms with Crippen LogP contribution in [0.5, 0.6) is 0 Å². The van der Waals surface area contributed by atoms with Crippen LogP contribution in [0.15, 0.2) is 0 Å². The Morgan fingerprint density at radius 2 is 2.09 bits per heavy atom. The number of nitrogens with one attached hydrogen (secondary N) is 1.